The van der Waals surface area contributed by atoms with E-state index in [1.54, 1.807) is 0 Å². The molecule has 7 heteroatoms. The molecule has 0 amide bonds. The lowest BCUT2D eigenvalue weighted by Gasteiger charge is -2.13. The summed E-state index contributed by atoms with van der Waals surface area (Å²) in [5, 5.41) is 11.4. The minimum Gasteiger partial charge on any atom is -0.376 e. The van der Waals surface area contributed by atoms with Crippen molar-refractivity contribution in [2.24, 2.45) is 0 Å². The van der Waals surface area contributed by atoms with Gasteiger partial charge in [0.2, 0.25) is 0 Å². The summed E-state index contributed by atoms with van der Waals surface area (Å²) in [7, 11) is 0. The van der Waals surface area contributed by atoms with Crippen LogP contribution in [0.25, 0.3) is 0 Å². The highest BCUT2D eigenvalue weighted by Crippen LogP contribution is 2.21. The van der Waals surface area contributed by atoms with E-state index in [1.165, 1.54) is 11.1 Å². The van der Waals surface area contributed by atoms with Gasteiger partial charge in [0.25, 0.3) is 0 Å². The van der Waals surface area contributed by atoms with Crippen LogP contribution in [0.1, 0.15) is 24.0 Å². The fourth-order valence-corrected chi connectivity index (χ4v) is 3.20. The van der Waals surface area contributed by atoms with Crippen LogP contribution in [0, 0.1) is 6.92 Å². The first-order valence-corrected chi connectivity index (χ1v) is 9.25. The van der Waals surface area contributed by atoms with Crippen LogP contribution in [0.2, 0.25) is 0 Å². The Balaban J connectivity index is 1.55. The second kappa shape index (κ2) is 8.09. The first-order valence-electron chi connectivity index (χ1n) is 8.05. The number of halogens is 1. The smallest absolute Gasteiger partial charge is 0.172 e. The van der Waals surface area contributed by atoms with Gasteiger partial charge in [0.05, 0.1) is 17.1 Å². The van der Waals surface area contributed by atoms with Gasteiger partial charge in [-0.3, -0.25) is 4.68 Å². The Hall–Kier alpha value is -1.44. The van der Waals surface area contributed by atoms with Gasteiger partial charge in [0.15, 0.2) is 10.9 Å². The highest BCUT2D eigenvalue weighted by atomic mass is 79.9. The van der Waals surface area contributed by atoms with E-state index in [4.69, 9.17) is 17.0 Å². The van der Waals surface area contributed by atoms with Crippen LogP contribution in [0.15, 0.2) is 34.9 Å². The van der Waals surface area contributed by atoms with Crippen LogP contribution in [0.3, 0.4) is 0 Å². The molecule has 0 saturated carbocycles. The summed E-state index contributed by atoms with van der Waals surface area (Å²) in [6.07, 6.45) is 4.42. The van der Waals surface area contributed by atoms with Gasteiger partial charge in [-0.25, -0.2) is 0 Å². The Morgan fingerprint density at radius 3 is 2.92 bits per heavy atom. The first-order chi connectivity index (χ1) is 11.6. The van der Waals surface area contributed by atoms with E-state index in [0.29, 0.717) is 10.9 Å². The minimum atomic E-state index is 0.257. The van der Waals surface area contributed by atoms with E-state index in [9.17, 15) is 0 Å². The molecule has 24 heavy (non-hydrogen) atoms. The molecule has 1 aromatic heterocycles. The van der Waals surface area contributed by atoms with Crippen molar-refractivity contribution in [3.8, 4) is 0 Å². The Kier molecular flexibility index (Phi) is 5.86. The topological polar surface area (TPSA) is 51.1 Å². The molecule has 128 valence electrons. The molecular weight excluding hydrogens is 388 g/mol. The van der Waals surface area contributed by atoms with Crippen LogP contribution < -0.4 is 10.6 Å². The van der Waals surface area contributed by atoms with Crippen molar-refractivity contribution in [2.45, 2.75) is 32.4 Å². The average molecular weight is 409 g/mol. The number of aromatic nitrogens is 2. The van der Waals surface area contributed by atoms with E-state index >= 15 is 0 Å². The van der Waals surface area contributed by atoms with Gasteiger partial charge in [-0.15, -0.1) is 0 Å². The zero-order chi connectivity index (χ0) is 16.9. The molecule has 0 radical (unpaired) electrons. The number of aryl methyl sites for hydroxylation is 1. The predicted octanol–water partition coefficient (Wildman–Crippen LogP) is 3.47. The summed E-state index contributed by atoms with van der Waals surface area (Å²) in [5.74, 6) is 0.715. The average Bonchev–Trinajstić information content (AvgIpc) is 3.18. The Morgan fingerprint density at radius 1 is 1.42 bits per heavy atom. The summed E-state index contributed by atoms with van der Waals surface area (Å²) in [5.41, 5.74) is 2.46. The summed E-state index contributed by atoms with van der Waals surface area (Å²) >= 11 is 8.87. The van der Waals surface area contributed by atoms with Crippen molar-refractivity contribution in [2.75, 3.05) is 18.5 Å². The maximum Gasteiger partial charge on any atom is 0.172 e. The van der Waals surface area contributed by atoms with Gasteiger partial charge in [-0.2, -0.15) is 5.10 Å². The first kappa shape index (κ1) is 17.4. The molecule has 1 aromatic carbocycles. The van der Waals surface area contributed by atoms with Crippen molar-refractivity contribution in [3.63, 3.8) is 0 Å². The van der Waals surface area contributed by atoms with E-state index in [1.807, 2.05) is 10.9 Å². The molecule has 1 unspecified atom stereocenters. The number of rotatable bonds is 5. The summed E-state index contributed by atoms with van der Waals surface area (Å²) in [4.78, 5) is 0. The van der Waals surface area contributed by atoms with E-state index in [0.717, 1.165) is 37.0 Å². The van der Waals surface area contributed by atoms with Crippen LogP contribution in [-0.2, 0) is 11.3 Å². The lowest BCUT2D eigenvalue weighted by Crippen LogP contribution is -2.35. The van der Waals surface area contributed by atoms with Crippen LogP contribution >= 0.6 is 28.1 Å². The molecule has 2 N–H and O–H groups in total. The summed E-state index contributed by atoms with van der Waals surface area (Å²) < 4.78 is 8.35. The van der Waals surface area contributed by atoms with Crippen molar-refractivity contribution < 1.29 is 4.74 Å². The Morgan fingerprint density at radius 2 is 2.21 bits per heavy atom. The second-order valence-electron chi connectivity index (χ2n) is 5.98. The van der Waals surface area contributed by atoms with Gasteiger partial charge in [0, 0.05) is 19.3 Å². The highest BCUT2D eigenvalue weighted by molar-refractivity contribution is 9.10. The largest absolute Gasteiger partial charge is 0.376 e. The molecular formula is C17H21BrN4OS. The molecule has 2 heterocycles. The van der Waals surface area contributed by atoms with Gasteiger partial charge >= 0.3 is 0 Å². The van der Waals surface area contributed by atoms with Crippen LogP contribution in [0.5, 0.6) is 0 Å². The number of benzene rings is 1. The predicted molar refractivity (Wildman–Crippen MR) is 103 cm³/mol. The number of thiocarbonyl (C=S) groups is 1. The van der Waals surface area contributed by atoms with Crippen LogP contribution in [-0.4, -0.2) is 34.1 Å². The standard InChI is InChI=1S/C17H21BrN4OS/c1-12-4-6-13(7-5-12)10-22-11-15(18)16(21-22)20-17(24)19-9-14-3-2-8-23-14/h4-7,11,14H,2-3,8-10H2,1H3,(H2,19,20,21,24). The van der Waals surface area contributed by atoms with Gasteiger partial charge in [-0.1, -0.05) is 29.8 Å². The molecule has 1 fully saturated rings. The van der Waals surface area contributed by atoms with Crippen molar-refractivity contribution >= 4 is 39.1 Å². The van der Waals surface area contributed by atoms with Crippen LogP contribution in [0.4, 0.5) is 5.82 Å². The molecule has 1 aliphatic rings. The molecule has 5 nitrogen and oxygen atoms in total. The minimum absolute atomic E-state index is 0.257. The highest BCUT2D eigenvalue weighted by Gasteiger charge is 2.16. The third-order valence-electron chi connectivity index (χ3n) is 3.93. The van der Waals surface area contributed by atoms with Gasteiger partial charge in [-0.05, 0) is 53.5 Å². The molecule has 1 atom stereocenters. The zero-order valence-corrected chi connectivity index (χ0v) is 16.0. The molecule has 0 bridgehead atoms. The SMILES string of the molecule is Cc1ccc(Cn2cc(Br)c(NC(=S)NCC3CCCO3)n2)cc1. The number of nitrogens with zero attached hydrogens (tertiary/aromatic N) is 2. The quantitative estimate of drug-likeness (QED) is 0.741. The number of anilines is 1. The Bertz CT molecular complexity index is 695. The van der Waals surface area contributed by atoms with Gasteiger partial charge in [0.1, 0.15) is 0 Å². The third-order valence-corrected chi connectivity index (χ3v) is 4.76. The maximum absolute atomic E-state index is 5.58. The lowest BCUT2D eigenvalue weighted by molar-refractivity contribution is 0.114. The molecule has 3 rings (SSSR count). The van der Waals surface area contributed by atoms with Crippen molar-refractivity contribution in [3.05, 3.63) is 46.1 Å². The maximum atomic E-state index is 5.58. The van der Waals surface area contributed by atoms with E-state index in [-0.39, 0.29) is 6.10 Å². The number of hydrogen-bond acceptors (Lipinski definition) is 3. The van der Waals surface area contributed by atoms with E-state index < -0.39 is 0 Å². The number of nitrogens with one attached hydrogen (secondary N) is 2. The summed E-state index contributed by atoms with van der Waals surface area (Å²) in [6, 6.07) is 8.45. The number of hydrogen-bond donors (Lipinski definition) is 2. The number of ether oxygens (including phenoxy) is 1. The third kappa shape index (κ3) is 4.78. The lowest BCUT2D eigenvalue weighted by atomic mass is 10.1. The fourth-order valence-electron chi connectivity index (χ4n) is 2.61. The molecule has 0 spiro atoms. The molecule has 1 saturated heterocycles. The monoisotopic (exact) mass is 408 g/mol. The zero-order valence-electron chi connectivity index (χ0n) is 13.6. The Labute approximate surface area is 155 Å². The molecule has 1 aliphatic heterocycles. The summed E-state index contributed by atoms with van der Waals surface area (Å²) in [6.45, 7) is 4.38. The van der Waals surface area contributed by atoms with Crippen molar-refractivity contribution in [1.82, 2.24) is 15.1 Å². The van der Waals surface area contributed by atoms with E-state index in [2.05, 4.69) is 62.9 Å². The van der Waals surface area contributed by atoms with Gasteiger partial charge < -0.3 is 15.4 Å². The normalized spacial score (nSPS) is 17.0. The second-order valence-corrected chi connectivity index (χ2v) is 7.24. The van der Waals surface area contributed by atoms with Crippen molar-refractivity contribution in [1.29, 1.82) is 0 Å². The fraction of sp³-hybridized carbons (Fsp3) is 0.412. The molecule has 0 aliphatic carbocycles. The molecule has 2 aromatic rings.